The van der Waals surface area contributed by atoms with Crippen molar-refractivity contribution in [2.45, 2.75) is 13.3 Å². The molecule has 0 spiro atoms. The molecule has 1 aliphatic rings. The predicted molar refractivity (Wildman–Crippen MR) is 107 cm³/mol. The Bertz CT molecular complexity index is 1190. The summed E-state index contributed by atoms with van der Waals surface area (Å²) >= 11 is 0. The molecule has 3 amide bonds. The summed E-state index contributed by atoms with van der Waals surface area (Å²) in [6.45, 7) is 1.78. The highest BCUT2D eigenvalue weighted by atomic mass is 19.1. The fourth-order valence-electron chi connectivity index (χ4n) is 3.43. The van der Waals surface area contributed by atoms with E-state index in [1.165, 1.54) is 13.1 Å². The van der Waals surface area contributed by atoms with Gasteiger partial charge in [-0.3, -0.25) is 24.3 Å². The topological polar surface area (TPSA) is 92.3 Å². The Morgan fingerprint density at radius 1 is 1.17 bits per heavy atom. The molecular formula is C22H17FN4O3. The number of pyridine rings is 2. The molecule has 0 saturated heterocycles. The number of fused-ring (bicyclic) bond motifs is 1. The number of nitrogens with zero attached hydrogens (tertiary/aromatic N) is 3. The Kier molecular flexibility index (Phi) is 4.83. The number of benzene rings is 1. The standard InChI is InChI=1S/C22H17FN4O3/c1-12-8-14(19-15(9-12)21(29)27(2)22(19)30)10-18(28)25-17-6-5-16(26-20(17)23)13-4-3-7-24-11-13/h3-9,11H,10H2,1-2H3,(H,25,28). The highest BCUT2D eigenvalue weighted by Crippen LogP contribution is 2.27. The van der Waals surface area contributed by atoms with Gasteiger partial charge in [0, 0.05) is 25.0 Å². The van der Waals surface area contributed by atoms with Crippen LogP contribution in [0.2, 0.25) is 0 Å². The fraction of sp³-hybridized carbons (Fsp3) is 0.136. The number of carbonyl (C=O) groups is 3. The molecule has 3 aromatic rings. The average molecular weight is 404 g/mol. The molecule has 1 N–H and O–H groups in total. The first-order valence-electron chi connectivity index (χ1n) is 9.18. The third-order valence-corrected chi connectivity index (χ3v) is 4.85. The SMILES string of the molecule is Cc1cc(CC(=O)Nc2ccc(-c3cccnc3)nc2F)c2c(c1)C(=O)N(C)C2=O. The predicted octanol–water partition coefficient (Wildman–Crippen LogP) is 3.00. The molecule has 3 heterocycles. The van der Waals surface area contributed by atoms with Gasteiger partial charge >= 0.3 is 0 Å². The minimum absolute atomic E-state index is 0.0727. The summed E-state index contributed by atoms with van der Waals surface area (Å²) in [7, 11) is 1.40. The van der Waals surface area contributed by atoms with Crippen molar-refractivity contribution in [3.8, 4) is 11.3 Å². The molecule has 30 heavy (non-hydrogen) atoms. The largest absolute Gasteiger partial charge is 0.322 e. The van der Waals surface area contributed by atoms with Crippen molar-refractivity contribution >= 4 is 23.4 Å². The lowest BCUT2D eigenvalue weighted by Gasteiger charge is -2.10. The van der Waals surface area contributed by atoms with Crippen LogP contribution in [-0.2, 0) is 11.2 Å². The zero-order chi connectivity index (χ0) is 21.4. The molecule has 0 unspecified atom stereocenters. The minimum atomic E-state index is -0.829. The lowest BCUT2D eigenvalue weighted by atomic mass is 9.97. The third kappa shape index (κ3) is 3.43. The summed E-state index contributed by atoms with van der Waals surface area (Å²) in [6.07, 6.45) is 2.99. The van der Waals surface area contributed by atoms with Crippen LogP contribution >= 0.6 is 0 Å². The van der Waals surface area contributed by atoms with Gasteiger partial charge in [-0.25, -0.2) is 4.98 Å². The molecule has 0 fully saturated rings. The Morgan fingerprint density at radius 2 is 1.97 bits per heavy atom. The zero-order valence-electron chi connectivity index (χ0n) is 16.3. The van der Waals surface area contributed by atoms with Crippen LogP contribution in [0.5, 0.6) is 0 Å². The number of amides is 3. The van der Waals surface area contributed by atoms with E-state index in [-0.39, 0.29) is 23.2 Å². The lowest BCUT2D eigenvalue weighted by Crippen LogP contribution is -2.25. The lowest BCUT2D eigenvalue weighted by molar-refractivity contribution is -0.115. The second-order valence-electron chi connectivity index (χ2n) is 7.02. The van der Waals surface area contributed by atoms with E-state index in [1.807, 2.05) is 0 Å². The van der Waals surface area contributed by atoms with E-state index >= 15 is 0 Å². The van der Waals surface area contributed by atoms with Crippen molar-refractivity contribution < 1.29 is 18.8 Å². The first-order chi connectivity index (χ1) is 14.3. The number of nitrogens with one attached hydrogen (secondary N) is 1. The highest BCUT2D eigenvalue weighted by Gasteiger charge is 2.35. The van der Waals surface area contributed by atoms with Crippen LogP contribution in [-0.4, -0.2) is 39.6 Å². The first-order valence-corrected chi connectivity index (χ1v) is 9.18. The molecule has 0 radical (unpaired) electrons. The van der Waals surface area contributed by atoms with Gasteiger partial charge in [0.1, 0.15) is 0 Å². The zero-order valence-corrected chi connectivity index (χ0v) is 16.3. The number of aromatic nitrogens is 2. The smallest absolute Gasteiger partial charge is 0.261 e. The summed E-state index contributed by atoms with van der Waals surface area (Å²) in [6, 6.07) is 9.78. The minimum Gasteiger partial charge on any atom is -0.322 e. The number of hydrogen-bond donors (Lipinski definition) is 1. The van der Waals surface area contributed by atoms with E-state index in [4.69, 9.17) is 0 Å². The van der Waals surface area contributed by atoms with Gasteiger partial charge in [0.15, 0.2) is 0 Å². The van der Waals surface area contributed by atoms with Gasteiger partial charge < -0.3 is 5.32 Å². The summed E-state index contributed by atoms with van der Waals surface area (Å²) < 4.78 is 14.4. The van der Waals surface area contributed by atoms with E-state index in [9.17, 15) is 18.8 Å². The van der Waals surface area contributed by atoms with Crippen LogP contribution in [0.25, 0.3) is 11.3 Å². The van der Waals surface area contributed by atoms with Gasteiger partial charge in [-0.15, -0.1) is 0 Å². The molecule has 4 rings (SSSR count). The molecule has 8 heteroatoms. The molecule has 7 nitrogen and oxygen atoms in total. The van der Waals surface area contributed by atoms with Gasteiger partial charge in [-0.05, 0) is 48.4 Å². The second kappa shape index (κ2) is 7.47. The van der Waals surface area contributed by atoms with Crippen LogP contribution in [0.1, 0.15) is 31.8 Å². The Morgan fingerprint density at radius 3 is 2.67 bits per heavy atom. The molecule has 1 aromatic carbocycles. The van der Waals surface area contributed by atoms with Crippen molar-refractivity contribution in [3.05, 3.63) is 77.0 Å². The summed E-state index contributed by atoms with van der Waals surface area (Å²) in [5, 5.41) is 2.48. The maximum atomic E-state index is 14.4. The van der Waals surface area contributed by atoms with Crippen LogP contribution in [0, 0.1) is 12.9 Å². The summed E-state index contributed by atoms with van der Waals surface area (Å²) in [5.74, 6) is -2.20. The monoisotopic (exact) mass is 404 g/mol. The van der Waals surface area contributed by atoms with E-state index in [2.05, 4.69) is 15.3 Å². The highest BCUT2D eigenvalue weighted by molar-refractivity contribution is 6.22. The first kappa shape index (κ1) is 19.4. The quantitative estimate of drug-likeness (QED) is 0.533. The van der Waals surface area contributed by atoms with Gasteiger partial charge in [0.25, 0.3) is 11.8 Å². The van der Waals surface area contributed by atoms with Crippen LogP contribution < -0.4 is 5.32 Å². The molecule has 0 atom stereocenters. The Balaban J connectivity index is 1.56. The molecule has 0 saturated carbocycles. The number of halogens is 1. The number of carbonyl (C=O) groups excluding carboxylic acids is 3. The second-order valence-corrected chi connectivity index (χ2v) is 7.02. The van der Waals surface area contributed by atoms with Gasteiger partial charge in [-0.2, -0.15) is 4.39 Å². The maximum Gasteiger partial charge on any atom is 0.261 e. The van der Waals surface area contributed by atoms with Crippen molar-refractivity contribution in [2.24, 2.45) is 0 Å². The molecule has 0 aliphatic carbocycles. The third-order valence-electron chi connectivity index (χ3n) is 4.85. The maximum absolute atomic E-state index is 14.4. The molecule has 1 aliphatic heterocycles. The summed E-state index contributed by atoms with van der Waals surface area (Å²) in [4.78, 5) is 46.0. The van der Waals surface area contributed by atoms with E-state index < -0.39 is 23.7 Å². The number of hydrogen-bond acceptors (Lipinski definition) is 5. The Labute approximate surface area is 171 Å². The average Bonchev–Trinajstić information content (AvgIpc) is 2.94. The normalized spacial score (nSPS) is 12.8. The molecule has 2 aromatic heterocycles. The van der Waals surface area contributed by atoms with Crippen LogP contribution in [0.15, 0.2) is 48.8 Å². The number of aryl methyl sites for hydroxylation is 1. The number of imide groups is 1. The molecule has 0 bridgehead atoms. The summed E-state index contributed by atoms with van der Waals surface area (Å²) in [5.41, 5.74) is 2.63. The van der Waals surface area contributed by atoms with E-state index in [0.29, 0.717) is 16.8 Å². The van der Waals surface area contributed by atoms with E-state index in [0.717, 1.165) is 10.5 Å². The number of rotatable bonds is 4. The molecule has 150 valence electrons. The Hall–Kier alpha value is -3.94. The van der Waals surface area contributed by atoms with Crippen LogP contribution in [0.4, 0.5) is 10.1 Å². The van der Waals surface area contributed by atoms with E-state index in [1.54, 1.807) is 49.6 Å². The molecular weight excluding hydrogens is 387 g/mol. The van der Waals surface area contributed by atoms with Crippen molar-refractivity contribution in [3.63, 3.8) is 0 Å². The van der Waals surface area contributed by atoms with Gasteiger partial charge in [-0.1, -0.05) is 6.07 Å². The van der Waals surface area contributed by atoms with Crippen molar-refractivity contribution in [1.29, 1.82) is 0 Å². The van der Waals surface area contributed by atoms with Gasteiger partial charge in [0.2, 0.25) is 11.9 Å². The van der Waals surface area contributed by atoms with Gasteiger partial charge in [0.05, 0.1) is 28.9 Å². The number of anilines is 1. The van der Waals surface area contributed by atoms with Crippen molar-refractivity contribution in [2.75, 3.05) is 12.4 Å². The fourth-order valence-corrected chi connectivity index (χ4v) is 3.43. The van der Waals surface area contributed by atoms with Crippen molar-refractivity contribution in [1.82, 2.24) is 14.9 Å². The van der Waals surface area contributed by atoms with Crippen LogP contribution in [0.3, 0.4) is 0 Å².